The fourth-order valence-corrected chi connectivity index (χ4v) is 6.31. The van der Waals surface area contributed by atoms with Crippen LogP contribution < -0.4 is 0 Å². The molecular formula is C22H36O3. The smallest absolute Gasteiger partial charge is 0.312 e. The molecule has 25 heavy (non-hydrogen) atoms. The van der Waals surface area contributed by atoms with Crippen molar-refractivity contribution in [2.24, 2.45) is 40.9 Å². The highest BCUT2D eigenvalue weighted by Gasteiger charge is 2.65. The van der Waals surface area contributed by atoms with Gasteiger partial charge in [-0.25, -0.2) is 0 Å². The van der Waals surface area contributed by atoms with Crippen molar-refractivity contribution in [1.82, 2.24) is 0 Å². The normalized spacial score (nSPS) is 43.0. The van der Waals surface area contributed by atoms with Crippen molar-refractivity contribution < 1.29 is 14.3 Å². The second-order valence-corrected chi connectivity index (χ2v) is 9.88. The van der Waals surface area contributed by atoms with Gasteiger partial charge in [0, 0.05) is 0 Å². The topological polar surface area (TPSA) is 35.5 Å². The lowest BCUT2D eigenvalue weighted by atomic mass is 9.64. The first-order chi connectivity index (χ1) is 11.7. The van der Waals surface area contributed by atoms with Gasteiger partial charge < -0.3 is 9.47 Å². The fourth-order valence-electron chi connectivity index (χ4n) is 6.31. The number of esters is 1. The van der Waals surface area contributed by atoms with E-state index in [1.165, 1.54) is 12.8 Å². The van der Waals surface area contributed by atoms with Crippen LogP contribution in [0.25, 0.3) is 0 Å². The number of hydrogen-bond donors (Lipinski definition) is 0. The molecule has 3 heteroatoms. The summed E-state index contributed by atoms with van der Waals surface area (Å²) >= 11 is 0. The summed E-state index contributed by atoms with van der Waals surface area (Å²) in [6.45, 7) is 13.6. The maximum atomic E-state index is 12.9. The van der Waals surface area contributed by atoms with E-state index in [1.807, 2.05) is 20.8 Å². The molecule has 0 saturated heterocycles. The summed E-state index contributed by atoms with van der Waals surface area (Å²) in [5.41, 5.74) is -0.469. The molecule has 3 rings (SSSR count). The van der Waals surface area contributed by atoms with Crippen LogP contribution in [0.2, 0.25) is 0 Å². The molecule has 7 atom stereocenters. The molecule has 7 unspecified atom stereocenters. The molecule has 0 radical (unpaired) electrons. The van der Waals surface area contributed by atoms with Crippen molar-refractivity contribution in [3.8, 4) is 0 Å². The van der Waals surface area contributed by atoms with Crippen molar-refractivity contribution in [2.45, 2.75) is 66.4 Å². The van der Waals surface area contributed by atoms with Crippen molar-refractivity contribution >= 4 is 5.97 Å². The summed E-state index contributed by atoms with van der Waals surface area (Å²) in [6.07, 6.45) is 8.16. The fraction of sp³-hybridized carbons (Fsp3) is 0.864. The number of carbonyl (C=O) groups excluding carboxylic acids is 1. The number of allylic oxidation sites excluding steroid dienone is 2. The summed E-state index contributed by atoms with van der Waals surface area (Å²) in [6, 6.07) is 0. The van der Waals surface area contributed by atoms with E-state index in [4.69, 9.17) is 9.47 Å². The number of carbonyl (C=O) groups is 1. The van der Waals surface area contributed by atoms with Gasteiger partial charge in [0.05, 0.1) is 17.6 Å². The lowest BCUT2D eigenvalue weighted by molar-refractivity contribution is -0.163. The Morgan fingerprint density at radius 1 is 1.20 bits per heavy atom. The Bertz CT molecular complexity index is 532. The molecule has 0 aromatic heterocycles. The Balaban J connectivity index is 1.62. The number of hydrogen-bond acceptors (Lipinski definition) is 3. The van der Waals surface area contributed by atoms with E-state index >= 15 is 0 Å². The van der Waals surface area contributed by atoms with E-state index in [-0.39, 0.29) is 17.0 Å². The Kier molecular flexibility index (Phi) is 5.09. The third-order valence-corrected chi connectivity index (χ3v) is 7.07. The monoisotopic (exact) mass is 348 g/mol. The lowest BCUT2D eigenvalue weighted by Crippen LogP contribution is -2.42. The molecule has 2 bridgehead atoms. The maximum Gasteiger partial charge on any atom is 0.312 e. The Labute approximate surface area is 153 Å². The molecule has 3 nitrogen and oxygen atoms in total. The van der Waals surface area contributed by atoms with Gasteiger partial charge >= 0.3 is 5.97 Å². The average Bonchev–Trinajstić information content (AvgIpc) is 3.14. The molecule has 0 spiro atoms. The van der Waals surface area contributed by atoms with Gasteiger partial charge in [0.1, 0.15) is 6.61 Å². The molecule has 3 saturated carbocycles. The molecule has 0 N–H and O–H groups in total. The zero-order valence-corrected chi connectivity index (χ0v) is 16.9. The van der Waals surface area contributed by atoms with Gasteiger partial charge in [0.15, 0.2) is 0 Å². The van der Waals surface area contributed by atoms with Gasteiger partial charge in [0.25, 0.3) is 0 Å². The van der Waals surface area contributed by atoms with Crippen LogP contribution in [0.3, 0.4) is 0 Å². The van der Waals surface area contributed by atoms with Crippen molar-refractivity contribution in [2.75, 3.05) is 13.2 Å². The quantitative estimate of drug-likeness (QED) is 0.404. The van der Waals surface area contributed by atoms with Crippen LogP contribution >= 0.6 is 0 Å². The van der Waals surface area contributed by atoms with Gasteiger partial charge in [-0.05, 0) is 89.4 Å². The van der Waals surface area contributed by atoms with Crippen LogP contribution in [0.4, 0.5) is 0 Å². The van der Waals surface area contributed by atoms with Crippen LogP contribution in [-0.4, -0.2) is 24.8 Å². The highest BCUT2D eigenvalue weighted by Crippen LogP contribution is 2.68. The summed E-state index contributed by atoms with van der Waals surface area (Å²) in [7, 11) is 0. The molecule has 3 aliphatic rings. The SMILES string of the molecule is C/C=C\C1CC(C)C2C1C1CC2C(C)(C(=O)OCCOC(C)(C)C)C1. The second kappa shape index (κ2) is 6.72. The molecule has 0 heterocycles. The highest BCUT2D eigenvalue weighted by molar-refractivity contribution is 5.77. The number of fused-ring (bicyclic) bond motifs is 5. The Morgan fingerprint density at radius 2 is 1.92 bits per heavy atom. The van der Waals surface area contributed by atoms with E-state index < -0.39 is 0 Å². The zero-order valence-electron chi connectivity index (χ0n) is 16.9. The molecule has 0 aromatic rings. The number of rotatable bonds is 5. The van der Waals surface area contributed by atoms with Crippen LogP contribution in [0.15, 0.2) is 12.2 Å². The van der Waals surface area contributed by atoms with Crippen LogP contribution in [0.1, 0.15) is 60.8 Å². The standard InChI is InChI=1S/C22H36O3/c1-7-8-15-11-14(2)18-17-12-16(19(15)18)13-22(17,6)20(23)24-9-10-25-21(3,4)5/h7-8,14-19H,9-13H2,1-6H3/b8-7-. The first-order valence-corrected chi connectivity index (χ1v) is 10.1. The van der Waals surface area contributed by atoms with Crippen LogP contribution in [0, 0.1) is 40.9 Å². The molecule has 3 fully saturated rings. The second-order valence-electron chi connectivity index (χ2n) is 9.88. The third kappa shape index (κ3) is 3.41. The molecule has 0 amide bonds. The van der Waals surface area contributed by atoms with E-state index in [1.54, 1.807) is 0 Å². The van der Waals surface area contributed by atoms with E-state index in [9.17, 15) is 4.79 Å². The molecule has 0 aliphatic heterocycles. The summed E-state index contributed by atoms with van der Waals surface area (Å²) < 4.78 is 11.3. The minimum absolute atomic E-state index is 0.0117. The molecule has 0 aromatic carbocycles. The highest BCUT2D eigenvalue weighted by atomic mass is 16.6. The first-order valence-electron chi connectivity index (χ1n) is 10.1. The van der Waals surface area contributed by atoms with Crippen molar-refractivity contribution in [3.63, 3.8) is 0 Å². The largest absolute Gasteiger partial charge is 0.463 e. The van der Waals surface area contributed by atoms with Crippen LogP contribution in [-0.2, 0) is 14.3 Å². The van der Waals surface area contributed by atoms with E-state index in [0.29, 0.717) is 31.0 Å². The van der Waals surface area contributed by atoms with E-state index in [0.717, 1.165) is 24.2 Å². The molecule has 142 valence electrons. The molecular weight excluding hydrogens is 312 g/mol. The predicted molar refractivity (Wildman–Crippen MR) is 100 cm³/mol. The number of ether oxygens (including phenoxy) is 2. The summed E-state index contributed by atoms with van der Waals surface area (Å²) in [4.78, 5) is 12.9. The minimum atomic E-state index is -0.285. The lowest BCUT2D eigenvalue weighted by Gasteiger charge is -2.40. The Morgan fingerprint density at radius 3 is 2.56 bits per heavy atom. The molecule has 3 aliphatic carbocycles. The Hall–Kier alpha value is -0.830. The van der Waals surface area contributed by atoms with Gasteiger partial charge in [-0.15, -0.1) is 0 Å². The zero-order chi connectivity index (χ0) is 18.4. The van der Waals surface area contributed by atoms with Gasteiger partial charge in [0.2, 0.25) is 0 Å². The summed E-state index contributed by atoms with van der Waals surface area (Å²) in [5, 5.41) is 0. The van der Waals surface area contributed by atoms with Gasteiger partial charge in [-0.2, -0.15) is 0 Å². The van der Waals surface area contributed by atoms with Crippen LogP contribution in [0.5, 0.6) is 0 Å². The predicted octanol–water partition coefficient (Wildman–Crippen LogP) is 4.86. The van der Waals surface area contributed by atoms with Gasteiger partial charge in [-0.3, -0.25) is 4.79 Å². The van der Waals surface area contributed by atoms with Crippen molar-refractivity contribution in [1.29, 1.82) is 0 Å². The maximum absolute atomic E-state index is 12.9. The first kappa shape index (κ1) is 18.9. The average molecular weight is 349 g/mol. The minimum Gasteiger partial charge on any atom is -0.463 e. The summed E-state index contributed by atoms with van der Waals surface area (Å²) in [5.74, 6) is 4.15. The van der Waals surface area contributed by atoms with E-state index in [2.05, 4.69) is 32.9 Å². The third-order valence-electron chi connectivity index (χ3n) is 7.07. The van der Waals surface area contributed by atoms with Gasteiger partial charge in [-0.1, -0.05) is 19.1 Å². The van der Waals surface area contributed by atoms with Crippen molar-refractivity contribution in [3.05, 3.63) is 12.2 Å².